The van der Waals surface area contributed by atoms with E-state index in [1.54, 1.807) is 24.3 Å². The summed E-state index contributed by atoms with van der Waals surface area (Å²) in [5, 5.41) is 11.5. The van der Waals surface area contributed by atoms with Crippen molar-refractivity contribution in [2.45, 2.75) is 11.6 Å². The number of nitrogens with zero attached hydrogens (tertiary/aromatic N) is 2. The highest BCUT2D eigenvalue weighted by atomic mass is 35.5. The number of aromatic nitrogens is 2. The summed E-state index contributed by atoms with van der Waals surface area (Å²) in [6, 6.07) is 13.4. The van der Waals surface area contributed by atoms with Crippen LogP contribution in [0.4, 0.5) is 4.39 Å². The number of halogens is 2. The molecule has 0 atom stereocenters. The molecule has 0 unspecified atom stereocenters. The molecule has 26 heavy (non-hydrogen) atoms. The third-order valence-electron chi connectivity index (χ3n) is 3.49. The van der Waals surface area contributed by atoms with Crippen LogP contribution in [-0.2, 0) is 11.2 Å². The SMILES string of the molecule is O=C(CSc1nnc(-c2ccccc2Cl)o1)NCCc1ccc(F)cc1. The molecule has 134 valence electrons. The molecule has 0 aliphatic rings. The molecule has 1 N–H and O–H groups in total. The zero-order valence-corrected chi connectivity index (χ0v) is 15.2. The van der Waals surface area contributed by atoms with E-state index in [1.165, 1.54) is 12.1 Å². The molecule has 3 rings (SSSR count). The molecule has 5 nitrogen and oxygen atoms in total. The van der Waals surface area contributed by atoms with Gasteiger partial charge in [0, 0.05) is 6.54 Å². The summed E-state index contributed by atoms with van der Waals surface area (Å²) in [7, 11) is 0. The molecule has 1 aromatic heterocycles. The first-order valence-electron chi connectivity index (χ1n) is 7.84. The molecule has 0 aliphatic heterocycles. The van der Waals surface area contributed by atoms with Gasteiger partial charge in [-0.3, -0.25) is 4.79 Å². The van der Waals surface area contributed by atoms with Crippen molar-refractivity contribution in [3.63, 3.8) is 0 Å². The Morgan fingerprint density at radius 2 is 1.92 bits per heavy atom. The minimum atomic E-state index is -0.273. The van der Waals surface area contributed by atoms with E-state index in [0.29, 0.717) is 34.7 Å². The minimum Gasteiger partial charge on any atom is -0.411 e. The summed E-state index contributed by atoms with van der Waals surface area (Å²) in [6.07, 6.45) is 0.633. The lowest BCUT2D eigenvalue weighted by atomic mass is 10.1. The normalized spacial score (nSPS) is 10.7. The number of hydrogen-bond donors (Lipinski definition) is 1. The van der Waals surface area contributed by atoms with E-state index in [2.05, 4.69) is 15.5 Å². The van der Waals surface area contributed by atoms with Crippen LogP contribution in [0.2, 0.25) is 5.02 Å². The molecule has 0 saturated heterocycles. The minimum absolute atomic E-state index is 0.144. The van der Waals surface area contributed by atoms with E-state index in [-0.39, 0.29) is 17.5 Å². The topological polar surface area (TPSA) is 68.0 Å². The number of nitrogens with one attached hydrogen (secondary N) is 1. The van der Waals surface area contributed by atoms with Crippen molar-refractivity contribution in [1.82, 2.24) is 15.5 Å². The molecule has 0 fully saturated rings. The van der Waals surface area contributed by atoms with E-state index < -0.39 is 0 Å². The largest absolute Gasteiger partial charge is 0.411 e. The summed E-state index contributed by atoms with van der Waals surface area (Å²) in [5.41, 5.74) is 1.61. The fraction of sp³-hybridized carbons (Fsp3) is 0.167. The smallest absolute Gasteiger partial charge is 0.277 e. The second-order valence-corrected chi connectivity index (χ2v) is 6.70. The van der Waals surface area contributed by atoms with Crippen LogP contribution < -0.4 is 5.32 Å². The Bertz CT molecular complexity index is 886. The molecule has 3 aromatic rings. The Balaban J connectivity index is 1.45. The van der Waals surface area contributed by atoms with Crippen molar-refractivity contribution in [1.29, 1.82) is 0 Å². The average Bonchev–Trinajstić information content (AvgIpc) is 3.11. The van der Waals surface area contributed by atoms with Gasteiger partial charge >= 0.3 is 0 Å². The molecule has 0 aliphatic carbocycles. The Labute approximate surface area is 159 Å². The molecule has 1 amide bonds. The fourth-order valence-corrected chi connectivity index (χ4v) is 3.00. The van der Waals surface area contributed by atoms with Gasteiger partial charge in [-0.15, -0.1) is 10.2 Å². The predicted octanol–water partition coefficient (Wildman–Crippen LogP) is 3.98. The zero-order chi connectivity index (χ0) is 18.4. The van der Waals surface area contributed by atoms with Crippen molar-refractivity contribution in [2.24, 2.45) is 0 Å². The number of hydrogen-bond acceptors (Lipinski definition) is 5. The van der Waals surface area contributed by atoms with Crippen LogP contribution in [0.3, 0.4) is 0 Å². The molecular formula is C18H15ClFN3O2S. The third kappa shape index (κ3) is 5.06. The van der Waals surface area contributed by atoms with Crippen molar-refractivity contribution in [2.75, 3.05) is 12.3 Å². The molecule has 1 heterocycles. The van der Waals surface area contributed by atoms with Gasteiger partial charge in [-0.1, -0.05) is 47.6 Å². The van der Waals surface area contributed by atoms with Crippen LogP contribution in [0.5, 0.6) is 0 Å². The van der Waals surface area contributed by atoms with Crippen molar-refractivity contribution in [3.8, 4) is 11.5 Å². The number of rotatable bonds is 7. The first kappa shape index (κ1) is 18.4. The van der Waals surface area contributed by atoms with Crippen molar-refractivity contribution >= 4 is 29.3 Å². The third-order valence-corrected chi connectivity index (χ3v) is 4.63. The molecule has 2 aromatic carbocycles. The van der Waals surface area contributed by atoms with Gasteiger partial charge in [0.05, 0.1) is 16.3 Å². The first-order chi connectivity index (χ1) is 12.6. The molecule has 0 saturated carbocycles. The molecular weight excluding hydrogens is 377 g/mol. The molecule has 0 spiro atoms. The highest BCUT2D eigenvalue weighted by Gasteiger charge is 2.13. The van der Waals surface area contributed by atoms with Crippen LogP contribution >= 0.6 is 23.4 Å². The van der Waals surface area contributed by atoms with Crippen LogP contribution in [0.15, 0.2) is 58.2 Å². The Hall–Kier alpha value is -2.38. The Kier molecular flexibility index (Phi) is 6.25. The maximum absolute atomic E-state index is 12.8. The van der Waals surface area contributed by atoms with E-state index >= 15 is 0 Å². The lowest BCUT2D eigenvalue weighted by Crippen LogP contribution is -2.27. The monoisotopic (exact) mass is 391 g/mol. The standard InChI is InChI=1S/C18H15ClFN3O2S/c19-15-4-2-1-3-14(15)17-22-23-18(25-17)26-11-16(24)21-10-9-12-5-7-13(20)8-6-12/h1-8H,9-11H2,(H,21,24). The summed E-state index contributed by atoms with van der Waals surface area (Å²) >= 11 is 7.25. The summed E-state index contributed by atoms with van der Waals surface area (Å²) in [5.74, 6) is 0.0578. The Morgan fingerprint density at radius 1 is 1.15 bits per heavy atom. The lowest BCUT2D eigenvalue weighted by Gasteiger charge is -2.04. The molecule has 0 radical (unpaired) electrons. The number of thioether (sulfide) groups is 1. The van der Waals surface area contributed by atoms with Crippen molar-refractivity contribution < 1.29 is 13.6 Å². The van der Waals surface area contributed by atoms with Crippen LogP contribution in [0.25, 0.3) is 11.5 Å². The Morgan fingerprint density at radius 3 is 2.69 bits per heavy atom. The van der Waals surface area contributed by atoms with Gasteiger partial charge < -0.3 is 9.73 Å². The van der Waals surface area contributed by atoms with Crippen molar-refractivity contribution in [3.05, 3.63) is 64.9 Å². The predicted molar refractivity (Wildman–Crippen MR) is 98.6 cm³/mol. The van der Waals surface area contributed by atoms with E-state index in [1.807, 2.05) is 12.1 Å². The number of benzene rings is 2. The quantitative estimate of drug-likeness (QED) is 0.617. The van der Waals surface area contributed by atoms with Crippen LogP contribution in [0, 0.1) is 5.82 Å². The van der Waals surface area contributed by atoms with Gasteiger partial charge in [0.2, 0.25) is 11.8 Å². The number of amides is 1. The van der Waals surface area contributed by atoms with Gasteiger partial charge in [0.15, 0.2) is 0 Å². The average molecular weight is 392 g/mol. The van der Waals surface area contributed by atoms with Crippen LogP contribution in [0.1, 0.15) is 5.56 Å². The first-order valence-corrected chi connectivity index (χ1v) is 9.20. The second kappa shape index (κ2) is 8.82. The maximum atomic E-state index is 12.8. The fourth-order valence-electron chi connectivity index (χ4n) is 2.19. The van der Waals surface area contributed by atoms with Crippen LogP contribution in [-0.4, -0.2) is 28.4 Å². The lowest BCUT2D eigenvalue weighted by molar-refractivity contribution is -0.118. The highest BCUT2D eigenvalue weighted by molar-refractivity contribution is 7.99. The van der Waals surface area contributed by atoms with Gasteiger partial charge in [0.1, 0.15) is 5.82 Å². The molecule has 8 heteroatoms. The second-order valence-electron chi connectivity index (χ2n) is 5.37. The maximum Gasteiger partial charge on any atom is 0.277 e. The van der Waals surface area contributed by atoms with Gasteiger partial charge in [-0.2, -0.15) is 0 Å². The van der Waals surface area contributed by atoms with Gasteiger partial charge in [-0.05, 0) is 36.2 Å². The highest BCUT2D eigenvalue weighted by Crippen LogP contribution is 2.28. The molecule has 0 bridgehead atoms. The summed E-state index contributed by atoms with van der Waals surface area (Å²) < 4.78 is 18.4. The van der Waals surface area contributed by atoms with Gasteiger partial charge in [-0.25, -0.2) is 4.39 Å². The summed E-state index contributed by atoms with van der Waals surface area (Å²) in [4.78, 5) is 11.9. The van der Waals surface area contributed by atoms with Gasteiger partial charge in [0.25, 0.3) is 5.22 Å². The van der Waals surface area contributed by atoms with E-state index in [4.69, 9.17) is 16.0 Å². The zero-order valence-electron chi connectivity index (χ0n) is 13.6. The number of carbonyl (C=O) groups excluding carboxylic acids is 1. The summed E-state index contributed by atoms with van der Waals surface area (Å²) in [6.45, 7) is 0.472. The van der Waals surface area contributed by atoms with E-state index in [9.17, 15) is 9.18 Å². The van der Waals surface area contributed by atoms with E-state index in [0.717, 1.165) is 17.3 Å². The number of carbonyl (C=O) groups is 1.